The van der Waals surface area contributed by atoms with Crippen LogP contribution in [0.2, 0.25) is 5.02 Å². The van der Waals surface area contributed by atoms with Gasteiger partial charge in [0.05, 0.1) is 12.8 Å². The maximum atomic E-state index is 12.2. The molecule has 0 aliphatic carbocycles. The molecule has 2 atom stereocenters. The molecule has 5 heteroatoms. The summed E-state index contributed by atoms with van der Waals surface area (Å²) in [6.07, 6.45) is 0.663. The number of aromatic nitrogens is 1. The van der Waals surface area contributed by atoms with Gasteiger partial charge in [-0.25, -0.2) is 4.79 Å². The minimum atomic E-state index is -0.248. The number of para-hydroxylation sites is 1. The molecule has 2 heterocycles. The molecule has 1 aromatic heterocycles. The van der Waals surface area contributed by atoms with Crippen molar-refractivity contribution in [3.05, 3.63) is 70.4 Å². The van der Waals surface area contributed by atoms with Crippen molar-refractivity contribution in [1.29, 1.82) is 0 Å². The van der Waals surface area contributed by atoms with Crippen molar-refractivity contribution in [2.45, 2.75) is 18.5 Å². The number of esters is 1. The second-order valence-corrected chi connectivity index (χ2v) is 6.55. The molecule has 1 aliphatic rings. The quantitative estimate of drug-likeness (QED) is 0.704. The predicted molar refractivity (Wildman–Crippen MR) is 93.0 cm³/mol. The number of carbonyl (C=O) groups is 1. The number of fused-ring (bicyclic) bond motifs is 3. The van der Waals surface area contributed by atoms with E-state index >= 15 is 0 Å². The Labute approximate surface area is 144 Å². The van der Waals surface area contributed by atoms with Crippen LogP contribution in [0, 0.1) is 0 Å². The molecule has 3 aromatic rings. The van der Waals surface area contributed by atoms with Crippen molar-refractivity contribution in [3.63, 3.8) is 0 Å². The van der Waals surface area contributed by atoms with Crippen LogP contribution in [0.3, 0.4) is 0 Å². The van der Waals surface area contributed by atoms with E-state index in [9.17, 15) is 4.79 Å². The molecule has 0 saturated heterocycles. The molecule has 0 fully saturated rings. The zero-order valence-electron chi connectivity index (χ0n) is 13.3. The number of nitrogens with two attached hydrogens (primary N) is 1. The highest BCUT2D eigenvalue weighted by Gasteiger charge is 2.38. The van der Waals surface area contributed by atoms with Gasteiger partial charge in [0, 0.05) is 27.9 Å². The van der Waals surface area contributed by atoms with Crippen LogP contribution >= 0.6 is 11.6 Å². The molecule has 0 amide bonds. The molecular formula is C19H18ClN2O2+. The summed E-state index contributed by atoms with van der Waals surface area (Å²) in [4.78, 5) is 15.7. The first-order valence-electron chi connectivity index (χ1n) is 7.95. The summed E-state index contributed by atoms with van der Waals surface area (Å²) in [6, 6.07) is 15.8. The van der Waals surface area contributed by atoms with E-state index in [4.69, 9.17) is 16.3 Å². The third kappa shape index (κ3) is 2.48. The molecule has 0 unspecified atom stereocenters. The highest BCUT2D eigenvalue weighted by molar-refractivity contribution is 6.30. The van der Waals surface area contributed by atoms with Crippen molar-refractivity contribution in [1.82, 2.24) is 4.98 Å². The fourth-order valence-electron chi connectivity index (χ4n) is 3.58. The standard InChI is InChI=1S/C19H17ClN2O2/c1-24-19(23)16-10-14-13-4-2-3-5-15(13)21-18(14)17(22-16)11-6-8-12(20)9-7-11/h2-9,16-17,21-22H,10H2,1H3/p+1/t16-,17-/m1/s1. The van der Waals surface area contributed by atoms with Crippen LogP contribution in [-0.2, 0) is 16.0 Å². The molecule has 122 valence electrons. The highest BCUT2D eigenvalue weighted by Crippen LogP contribution is 2.32. The molecule has 0 bridgehead atoms. The molecule has 0 radical (unpaired) electrons. The average molecular weight is 342 g/mol. The van der Waals surface area contributed by atoms with Gasteiger partial charge in [-0.05, 0) is 23.8 Å². The lowest BCUT2D eigenvalue weighted by Crippen LogP contribution is -2.94. The van der Waals surface area contributed by atoms with Crippen molar-refractivity contribution in [3.8, 4) is 0 Å². The highest BCUT2D eigenvalue weighted by atomic mass is 35.5. The molecule has 0 spiro atoms. The number of nitrogens with one attached hydrogen (secondary N) is 1. The monoisotopic (exact) mass is 341 g/mol. The Morgan fingerprint density at radius 2 is 1.96 bits per heavy atom. The normalized spacial score (nSPS) is 19.9. The average Bonchev–Trinajstić information content (AvgIpc) is 2.99. The number of benzene rings is 2. The summed E-state index contributed by atoms with van der Waals surface area (Å²) in [5, 5.41) is 3.96. The van der Waals surface area contributed by atoms with Gasteiger partial charge in [-0.3, -0.25) is 0 Å². The third-order valence-corrected chi connectivity index (χ3v) is 4.99. The number of hydrogen-bond acceptors (Lipinski definition) is 2. The van der Waals surface area contributed by atoms with Crippen LogP contribution in [0.25, 0.3) is 10.9 Å². The zero-order valence-corrected chi connectivity index (χ0v) is 14.0. The van der Waals surface area contributed by atoms with Gasteiger partial charge in [-0.2, -0.15) is 0 Å². The zero-order chi connectivity index (χ0) is 16.7. The van der Waals surface area contributed by atoms with Gasteiger partial charge >= 0.3 is 5.97 Å². The van der Waals surface area contributed by atoms with Gasteiger partial charge < -0.3 is 15.0 Å². The van der Waals surface area contributed by atoms with Gasteiger partial charge in [-0.15, -0.1) is 0 Å². The van der Waals surface area contributed by atoms with Crippen LogP contribution in [0.5, 0.6) is 0 Å². The summed E-state index contributed by atoms with van der Waals surface area (Å²) in [7, 11) is 1.44. The first kappa shape index (κ1) is 15.2. The van der Waals surface area contributed by atoms with Crippen molar-refractivity contribution in [2.24, 2.45) is 0 Å². The molecule has 2 aromatic carbocycles. The van der Waals surface area contributed by atoms with E-state index in [1.54, 1.807) is 0 Å². The lowest BCUT2D eigenvalue weighted by atomic mass is 9.90. The maximum Gasteiger partial charge on any atom is 0.364 e. The van der Waals surface area contributed by atoms with Gasteiger partial charge in [0.2, 0.25) is 0 Å². The number of ether oxygens (including phenoxy) is 1. The summed E-state index contributed by atoms with van der Waals surface area (Å²) < 4.78 is 5.00. The number of quaternary nitrogens is 1. The number of methoxy groups -OCH3 is 1. The van der Waals surface area contributed by atoms with E-state index < -0.39 is 0 Å². The molecular weight excluding hydrogens is 324 g/mol. The van der Waals surface area contributed by atoms with E-state index in [0.29, 0.717) is 11.4 Å². The van der Waals surface area contributed by atoms with Crippen LogP contribution < -0.4 is 5.32 Å². The minimum Gasteiger partial charge on any atom is -0.465 e. The van der Waals surface area contributed by atoms with Crippen LogP contribution in [-0.4, -0.2) is 24.1 Å². The van der Waals surface area contributed by atoms with Gasteiger partial charge in [0.25, 0.3) is 0 Å². The first-order chi connectivity index (χ1) is 11.7. The number of H-pyrrole nitrogens is 1. The molecule has 3 N–H and O–H groups in total. The van der Waals surface area contributed by atoms with Gasteiger partial charge in [0.1, 0.15) is 0 Å². The third-order valence-electron chi connectivity index (χ3n) is 4.74. The summed E-state index contributed by atoms with van der Waals surface area (Å²) >= 11 is 6.02. The van der Waals surface area contributed by atoms with E-state index in [2.05, 4.69) is 22.4 Å². The second-order valence-electron chi connectivity index (χ2n) is 6.12. The van der Waals surface area contributed by atoms with Crippen LogP contribution in [0.1, 0.15) is 22.9 Å². The Morgan fingerprint density at radius 1 is 1.21 bits per heavy atom. The fraction of sp³-hybridized carbons (Fsp3) is 0.211. The predicted octanol–water partition coefficient (Wildman–Crippen LogP) is 2.57. The maximum absolute atomic E-state index is 12.2. The SMILES string of the molecule is COC(=O)[C@H]1Cc2c([nH]c3ccccc23)[C@@H](c2ccc(Cl)cc2)[NH2+]1. The number of halogens is 1. The molecule has 4 rings (SSSR count). The fourth-order valence-corrected chi connectivity index (χ4v) is 3.71. The molecule has 1 aliphatic heterocycles. The summed E-state index contributed by atoms with van der Waals surface area (Å²) in [5.41, 5.74) is 4.56. The molecule has 24 heavy (non-hydrogen) atoms. The van der Waals surface area contributed by atoms with E-state index in [0.717, 1.165) is 16.8 Å². The number of aromatic amines is 1. The van der Waals surface area contributed by atoms with Crippen molar-refractivity contribution in [2.75, 3.05) is 7.11 Å². The van der Waals surface area contributed by atoms with Crippen molar-refractivity contribution < 1.29 is 14.8 Å². The Kier molecular flexibility index (Phi) is 3.79. The molecule has 0 saturated carbocycles. The Hall–Kier alpha value is -2.30. The number of rotatable bonds is 2. The van der Waals surface area contributed by atoms with Crippen LogP contribution in [0.4, 0.5) is 0 Å². The summed E-state index contributed by atoms with van der Waals surface area (Å²) in [5.74, 6) is -0.190. The number of hydrogen-bond donors (Lipinski definition) is 2. The second kappa shape index (κ2) is 5.96. The minimum absolute atomic E-state index is 0.0162. The lowest BCUT2D eigenvalue weighted by Gasteiger charge is -2.27. The Morgan fingerprint density at radius 3 is 2.71 bits per heavy atom. The van der Waals surface area contributed by atoms with Crippen LogP contribution in [0.15, 0.2) is 48.5 Å². The Bertz CT molecular complexity index is 901. The van der Waals surface area contributed by atoms with E-state index in [-0.39, 0.29) is 18.1 Å². The van der Waals surface area contributed by atoms with Crippen molar-refractivity contribution >= 4 is 28.5 Å². The summed E-state index contributed by atoms with van der Waals surface area (Å²) in [6.45, 7) is 0. The van der Waals surface area contributed by atoms with Gasteiger partial charge in [0.15, 0.2) is 12.1 Å². The largest absolute Gasteiger partial charge is 0.465 e. The van der Waals surface area contributed by atoms with Gasteiger partial charge in [-0.1, -0.05) is 41.9 Å². The first-order valence-corrected chi connectivity index (χ1v) is 8.33. The topological polar surface area (TPSA) is 58.7 Å². The molecule has 4 nitrogen and oxygen atoms in total. The Balaban J connectivity index is 1.86. The smallest absolute Gasteiger partial charge is 0.364 e. The lowest BCUT2D eigenvalue weighted by molar-refractivity contribution is -0.712. The van der Waals surface area contributed by atoms with E-state index in [1.165, 1.54) is 18.1 Å². The number of carbonyl (C=O) groups excluding carboxylic acids is 1. The van der Waals surface area contributed by atoms with E-state index in [1.807, 2.05) is 36.4 Å².